The van der Waals surface area contributed by atoms with E-state index in [0.29, 0.717) is 5.69 Å². The second-order valence-corrected chi connectivity index (χ2v) is 7.60. The molecule has 1 fully saturated rings. The minimum atomic E-state index is -3.52. The van der Waals surface area contributed by atoms with E-state index in [-0.39, 0.29) is 23.1 Å². The van der Waals surface area contributed by atoms with Gasteiger partial charge < -0.3 is 9.67 Å². The largest absolute Gasteiger partial charge is 0.390 e. The van der Waals surface area contributed by atoms with Crippen LogP contribution in [-0.4, -0.2) is 23.6 Å². The van der Waals surface area contributed by atoms with Crippen molar-refractivity contribution in [2.75, 3.05) is 0 Å². The number of aliphatic hydroxyl groups is 1. The number of nitrogens with zero attached hydrogens (tertiary/aromatic N) is 1. The van der Waals surface area contributed by atoms with Gasteiger partial charge in [0.2, 0.25) is 10.0 Å². The molecule has 6 heteroatoms. The number of aliphatic hydroxyl groups excluding tert-OH is 1. The van der Waals surface area contributed by atoms with Crippen molar-refractivity contribution in [3.05, 3.63) is 18.0 Å². The molecule has 2 N–H and O–H groups in total. The molecule has 0 aromatic carbocycles. The quantitative estimate of drug-likeness (QED) is 0.846. The number of aromatic nitrogens is 1. The van der Waals surface area contributed by atoms with E-state index in [1.807, 2.05) is 20.8 Å². The smallest absolute Gasteiger partial charge is 0.242 e. The Morgan fingerprint density at radius 3 is 2.45 bits per heavy atom. The van der Waals surface area contributed by atoms with Crippen molar-refractivity contribution in [3.8, 4) is 0 Å². The van der Waals surface area contributed by atoms with Gasteiger partial charge in [0.05, 0.1) is 6.61 Å². The third-order valence-electron chi connectivity index (χ3n) is 4.27. The van der Waals surface area contributed by atoms with E-state index in [2.05, 4.69) is 4.72 Å². The lowest BCUT2D eigenvalue weighted by Crippen LogP contribution is -2.52. The highest BCUT2D eigenvalue weighted by Crippen LogP contribution is 2.36. The highest BCUT2D eigenvalue weighted by Gasteiger charge is 2.39. The van der Waals surface area contributed by atoms with Crippen LogP contribution in [-0.2, 0) is 16.6 Å². The van der Waals surface area contributed by atoms with Crippen LogP contribution in [0.15, 0.2) is 17.2 Å². The number of rotatable bonds is 6. The number of sulfonamides is 1. The second-order valence-electron chi connectivity index (χ2n) is 5.92. The Morgan fingerprint density at radius 2 is 2.10 bits per heavy atom. The maximum Gasteiger partial charge on any atom is 0.242 e. The summed E-state index contributed by atoms with van der Waals surface area (Å²) in [5, 5.41) is 9.35. The second kappa shape index (κ2) is 5.50. The first kappa shape index (κ1) is 15.5. The molecule has 0 bridgehead atoms. The van der Waals surface area contributed by atoms with Gasteiger partial charge >= 0.3 is 0 Å². The summed E-state index contributed by atoms with van der Waals surface area (Å²) in [4.78, 5) is 0.245. The van der Waals surface area contributed by atoms with Crippen LogP contribution in [0.25, 0.3) is 0 Å². The molecule has 5 nitrogen and oxygen atoms in total. The molecule has 1 aromatic heterocycles. The van der Waals surface area contributed by atoms with Crippen LogP contribution in [0, 0.1) is 0 Å². The zero-order valence-electron chi connectivity index (χ0n) is 12.4. The number of hydrogen-bond acceptors (Lipinski definition) is 3. The molecule has 114 valence electrons. The Hall–Kier alpha value is -0.850. The predicted octanol–water partition coefficient (Wildman–Crippen LogP) is 2.17. The van der Waals surface area contributed by atoms with Crippen molar-refractivity contribution in [1.82, 2.24) is 9.29 Å². The molecule has 1 aliphatic rings. The first-order chi connectivity index (χ1) is 9.33. The fourth-order valence-corrected chi connectivity index (χ4v) is 4.31. The highest BCUT2D eigenvalue weighted by molar-refractivity contribution is 7.89. The van der Waals surface area contributed by atoms with Crippen LogP contribution in [0.4, 0.5) is 0 Å². The van der Waals surface area contributed by atoms with Gasteiger partial charge in [-0.2, -0.15) is 0 Å². The first-order valence-corrected chi connectivity index (χ1v) is 8.67. The van der Waals surface area contributed by atoms with Gasteiger partial charge in [0, 0.05) is 23.5 Å². The van der Waals surface area contributed by atoms with Crippen LogP contribution in [0.2, 0.25) is 0 Å². The minimum Gasteiger partial charge on any atom is -0.390 e. The van der Waals surface area contributed by atoms with Crippen LogP contribution < -0.4 is 4.72 Å². The molecule has 0 radical (unpaired) electrons. The van der Waals surface area contributed by atoms with Gasteiger partial charge in [0.15, 0.2) is 0 Å². The van der Waals surface area contributed by atoms with Crippen molar-refractivity contribution in [3.63, 3.8) is 0 Å². The third kappa shape index (κ3) is 2.77. The standard InChI is InChI=1S/C14H24N2O3S/c1-4-14(6-5-7-14)15-20(18,19)13-8-12(10-17)16(9-13)11(2)3/h8-9,11,15,17H,4-7,10H2,1-3H3. The molecule has 0 saturated heterocycles. The Balaban J connectivity index is 2.30. The minimum absolute atomic E-state index is 0.116. The van der Waals surface area contributed by atoms with E-state index in [4.69, 9.17) is 0 Å². The summed E-state index contributed by atoms with van der Waals surface area (Å²) in [7, 11) is -3.52. The predicted molar refractivity (Wildman–Crippen MR) is 77.9 cm³/mol. The molecule has 0 amide bonds. The van der Waals surface area contributed by atoms with E-state index in [0.717, 1.165) is 25.7 Å². The van der Waals surface area contributed by atoms with E-state index in [9.17, 15) is 13.5 Å². The zero-order valence-corrected chi connectivity index (χ0v) is 13.2. The first-order valence-electron chi connectivity index (χ1n) is 7.19. The molecule has 0 aliphatic heterocycles. The summed E-state index contributed by atoms with van der Waals surface area (Å²) < 4.78 is 29.6. The molecule has 0 spiro atoms. The fourth-order valence-electron chi connectivity index (χ4n) is 2.73. The van der Waals surface area contributed by atoms with Crippen molar-refractivity contribution < 1.29 is 13.5 Å². The Bertz CT molecular complexity index is 566. The van der Waals surface area contributed by atoms with Crippen molar-refractivity contribution in [2.24, 2.45) is 0 Å². The van der Waals surface area contributed by atoms with Gasteiger partial charge in [-0.05, 0) is 45.6 Å². The Labute approximate surface area is 121 Å². The van der Waals surface area contributed by atoms with E-state index >= 15 is 0 Å². The zero-order chi connectivity index (χ0) is 15.0. The molecule has 1 heterocycles. The van der Waals surface area contributed by atoms with Crippen LogP contribution in [0.3, 0.4) is 0 Å². The van der Waals surface area contributed by atoms with Crippen LogP contribution in [0.5, 0.6) is 0 Å². The number of nitrogens with one attached hydrogen (secondary N) is 1. The maximum atomic E-state index is 12.5. The molecule has 1 saturated carbocycles. The van der Waals surface area contributed by atoms with E-state index in [1.165, 1.54) is 0 Å². The maximum absolute atomic E-state index is 12.5. The summed E-state index contributed by atoms with van der Waals surface area (Å²) in [6.07, 6.45) is 5.30. The van der Waals surface area contributed by atoms with E-state index < -0.39 is 10.0 Å². The average Bonchev–Trinajstić information content (AvgIpc) is 2.79. The molecule has 0 unspecified atom stereocenters. The molecule has 20 heavy (non-hydrogen) atoms. The number of hydrogen-bond donors (Lipinski definition) is 2. The molecule has 2 rings (SSSR count). The lowest BCUT2D eigenvalue weighted by Gasteiger charge is -2.41. The fraction of sp³-hybridized carbons (Fsp3) is 0.714. The van der Waals surface area contributed by atoms with Gasteiger partial charge in [-0.25, -0.2) is 13.1 Å². The van der Waals surface area contributed by atoms with Crippen molar-refractivity contribution in [2.45, 2.75) is 69.5 Å². The Kier molecular flexibility index (Phi) is 4.27. The molecular formula is C14H24N2O3S. The van der Waals surface area contributed by atoms with Gasteiger partial charge in [-0.1, -0.05) is 6.92 Å². The summed E-state index contributed by atoms with van der Waals surface area (Å²) in [6, 6.07) is 1.68. The summed E-state index contributed by atoms with van der Waals surface area (Å²) in [6.45, 7) is 5.78. The van der Waals surface area contributed by atoms with Gasteiger partial charge in [-0.3, -0.25) is 0 Å². The van der Waals surface area contributed by atoms with Crippen molar-refractivity contribution in [1.29, 1.82) is 0 Å². The summed E-state index contributed by atoms with van der Waals surface area (Å²) in [5.41, 5.74) is 0.359. The molecular weight excluding hydrogens is 276 g/mol. The monoisotopic (exact) mass is 300 g/mol. The molecule has 0 atom stereocenters. The SMILES string of the molecule is CCC1(NS(=O)(=O)c2cc(CO)n(C(C)C)c2)CCC1. The lowest BCUT2D eigenvalue weighted by atomic mass is 9.76. The average molecular weight is 300 g/mol. The van der Waals surface area contributed by atoms with Crippen molar-refractivity contribution >= 4 is 10.0 Å². The summed E-state index contributed by atoms with van der Waals surface area (Å²) >= 11 is 0. The Morgan fingerprint density at radius 1 is 1.45 bits per heavy atom. The van der Waals surface area contributed by atoms with Gasteiger partial charge in [-0.15, -0.1) is 0 Å². The lowest BCUT2D eigenvalue weighted by molar-refractivity contribution is 0.214. The van der Waals surface area contributed by atoms with Crippen LogP contribution in [0.1, 0.15) is 58.2 Å². The summed E-state index contributed by atoms with van der Waals surface area (Å²) in [5.74, 6) is 0. The third-order valence-corrected chi connectivity index (χ3v) is 5.82. The van der Waals surface area contributed by atoms with E-state index in [1.54, 1.807) is 16.8 Å². The highest BCUT2D eigenvalue weighted by atomic mass is 32.2. The molecule has 1 aromatic rings. The van der Waals surface area contributed by atoms with Crippen LogP contribution >= 0.6 is 0 Å². The normalized spacial score (nSPS) is 18.2. The molecule has 1 aliphatic carbocycles. The topological polar surface area (TPSA) is 71.3 Å². The van der Waals surface area contributed by atoms with Gasteiger partial charge in [0.25, 0.3) is 0 Å². The van der Waals surface area contributed by atoms with Gasteiger partial charge in [0.1, 0.15) is 4.90 Å².